The second-order valence-corrected chi connectivity index (χ2v) is 3.43. The summed E-state index contributed by atoms with van der Waals surface area (Å²) in [5, 5.41) is 10.4. The van der Waals surface area contributed by atoms with Crippen molar-refractivity contribution in [2.24, 2.45) is 0 Å². The molecular weight excluding hydrogens is 270 g/mol. The number of carbonyl (C=O) groups is 2. The fourth-order valence-corrected chi connectivity index (χ4v) is 1.35. The van der Waals surface area contributed by atoms with E-state index in [1.54, 1.807) is 0 Å². The second kappa shape index (κ2) is 4.49. The summed E-state index contributed by atoms with van der Waals surface area (Å²) in [6.07, 6.45) is -1.65. The summed E-state index contributed by atoms with van der Waals surface area (Å²) >= 11 is 4.88. The molecule has 8 nitrogen and oxygen atoms in total. The van der Waals surface area contributed by atoms with Crippen LogP contribution in [0, 0.1) is 10.1 Å². The normalized spacial score (nSPS) is 16.2. The lowest BCUT2D eigenvalue weighted by atomic mass is 10.2. The number of benzene rings is 1. The maximum atomic E-state index is 11.3. The first-order chi connectivity index (χ1) is 8.47. The maximum absolute atomic E-state index is 11.3. The van der Waals surface area contributed by atoms with Crippen LogP contribution in [0.1, 0.15) is 10.4 Å². The molecule has 1 aliphatic rings. The molecule has 0 aliphatic carbocycles. The van der Waals surface area contributed by atoms with Gasteiger partial charge in [-0.3, -0.25) is 10.1 Å². The Kier molecular flexibility index (Phi) is 3.02. The molecule has 0 fully saturated rings. The molecule has 0 bridgehead atoms. The molecule has 0 aromatic heterocycles. The van der Waals surface area contributed by atoms with Crippen molar-refractivity contribution in [2.45, 2.75) is 6.41 Å². The van der Waals surface area contributed by atoms with Gasteiger partial charge in [-0.2, -0.15) is 0 Å². The van der Waals surface area contributed by atoms with Gasteiger partial charge in [-0.25, -0.2) is 9.59 Å². The van der Waals surface area contributed by atoms with Crippen LogP contribution in [0.25, 0.3) is 0 Å². The number of nitrogens with zero attached hydrogens (tertiary/aromatic N) is 1. The van der Waals surface area contributed by atoms with Crippen molar-refractivity contribution < 1.29 is 28.7 Å². The summed E-state index contributed by atoms with van der Waals surface area (Å²) < 4.78 is 13.8. The molecule has 94 valence electrons. The second-order valence-electron chi connectivity index (χ2n) is 3.12. The van der Waals surface area contributed by atoms with E-state index in [9.17, 15) is 19.7 Å². The van der Waals surface area contributed by atoms with E-state index in [0.29, 0.717) is 0 Å². The van der Waals surface area contributed by atoms with Gasteiger partial charge in [-0.1, -0.05) is 0 Å². The Bertz CT molecular complexity index is 544. The zero-order valence-electron chi connectivity index (χ0n) is 8.49. The lowest BCUT2D eigenvalue weighted by molar-refractivity contribution is -0.600. The number of carbonyl (C=O) groups excluding carboxylic acids is 2. The molecule has 1 heterocycles. The number of hydrogen-bond acceptors (Lipinski definition) is 7. The lowest BCUT2D eigenvalue weighted by Crippen LogP contribution is -2.27. The van der Waals surface area contributed by atoms with E-state index >= 15 is 0 Å². The molecule has 1 unspecified atom stereocenters. The first-order valence-corrected chi connectivity index (χ1v) is 4.87. The maximum Gasteiger partial charge on any atom is 0.517 e. The van der Waals surface area contributed by atoms with Gasteiger partial charge in [0.1, 0.15) is 4.92 Å². The lowest BCUT2D eigenvalue weighted by Gasteiger charge is -2.00. The molecule has 0 spiro atoms. The molecule has 9 heteroatoms. The molecule has 1 aromatic rings. The average Bonchev–Trinajstić information content (AvgIpc) is 2.70. The van der Waals surface area contributed by atoms with Crippen molar-refractivity contribution in [2.75, 3.05) is 0 Å². The number of ether oxygens (including phenoxy) is 3. The largest absolute Gasteiger partial charge is 0.517 e. The first kappa shape index (κ1) is 12.1. The minimum Gasteiger partial charge on any atom is -0.394 e. The van der Waals surface area contributed by atoms with Gasteiger partial charge >= 0.3 is 17.8 Å². The van der Waals surface area contributed by atoms with Crippen molar-refractivity contribution in [3.63, 3.8) is 0 Å². The molecule has 0 saturated heterocycles. The summed E-state index contributed by atoms with van der Waals surface area (Å²) in [6.45, 7) is 0. The van der Waals surface area contributed by atoms with E-state index in [0.717, 1.165) is 6.07 Å². The standard InChI is InChI=1S/C9H4ClNO7/c10-8(13)18-7(12)4-1-2-5-6(3-4)17-9(16-5)11(14)15/h1-3,9H. The Labute approximate surface area is 104 Å². The number of esters is 1. The first-order valence-electron chi connectivity index (χ1n) is 4.50. The van der Waals surface area contributed by atoms with Gasteiger partial charge in [0.2, 0.25) is 0 Å². The fraction of sp³-hybridized carbons (Fsp3) is 0.111. The van der Waals surface area contributed by atoms with Crippen molar-refractivity contribution in [3.05, 3.63) is 33.9 Å². The van der Waals surface area contributed by atoms with Crippen LogP contribution in [0.3, 0.4) is 0 Å². The Morgan fingerprint density at radius 1 is 1.33 bits per heavy atom. The quantitative estimate of drug-likeness (QED) is 0.264. The summed E-state index contributed by atoms with van der Waals surface area (Å²) in [4.78, 5) is 31.4. The smallest absolute Gasteiger partial charge is 0.394 e. The molecule has 2 rings (SSSR count). The summed E-state index contributed by atoms with van der Waals surface area (Å²) in [7, 11) is 0. The third kappa shape index (κ3) is 2.33. The van der Waals surface area contributed by atoms with Gasteiger partial charge < -0.3 is 14.2 Å². The monoisotopic (exact) mass is 273 g/mol. The predicted octanol–water partition coefficient (Wildman–Crippen LogP) is 1.53. The van der Waals surface area contributed by atoms with E-state index in [1.165, 1.54) is 12.1 Å². The summed E-state index contributed by atoms with van der Waals surface area (Å²) in [5.41, 5.74) is -1.32. The molecule has 18 heavy (non-hydrogen) atoms. The van der Waals surface area contributed by atoms with E-state index in [-0.39, 0.29) is 17.1 Å². The number of fused-ring (bicyclic) bond motifs is 1. The van der Waals surface area contributed by atoms with Crippen LogP contribution < -0.4 is 9.47 Å². The number of rotatable bonds is 2. The Morgan fingerprint density at radius 3 is 2.61 bits per heavy atom. The van der Waals surface area contributed by atoms with Gasteiger partial charge in [-0.05, 0) is 18.2 Å². The van der Waals surface area contributed by atoms with Gasteiger partial charge in [0.25, 0.3) is 0 Å². The van der Waals surface area contributed by atoms with Gasteiger partial charge in [0, 0.05) is 11.6 Å². The van der Waals surface area contributed by atoms with Crippen LogP contribution in [0.5, 0.6) is 11.5 Å². The van der Waals surface area contributed by atoms with Gasteiger partial charge in [-0.15, -0.1) is 0 Å². The molecule has 0 amide bonds. The number of nitro groups is 1. The van der Waals surface area contributed by atoms with Crippen molar-refractivity contribution >= 4 is 23.0 Å². The topological polar surface area (TPSA) is 105 Å². The Balaban J connectivity index is 2.20. The molecule has 1 aliphatic heterocycles. The zero-order chi connectivity index (χ0) is 13.3. The molecule has 0 N–H and O–H groups in total. The fourth-order valence-electron chi connectivity index (χ4n) is 1.28. The van der Waals surface area contributed by atoms with Crippen molar-refractivity contribution in [1.29, 1.82) is 0 Å². The summed E-state index contributed by atoms with van der Waals surface area (Å²) in [5.74, 6) is -0.871. The number of hydrogen-bond donors (Lipinski definition) is 0. The summed E-state index contributed by atoms with van der Waals surface area (Å²) in [6, 6.07) is 3.70. The van der Waals surface area contributed by atoms with Crippen LogP contribution >= 0.6 is 11.6 Å². The number of halogens is 1. The molecule has 0 saturated carbocycles. The zero-order valence-corrected chi connectivity index (χ0v) is 9.25. The minimum absolute atomic E-state index is 0.00757. The Morgan fingerprint density at radius 2 is 2.00 bits per heavy atom. The molecule has 1 atom stereocenters. The SMILES string of the molecule is O=C(Cl)OC(=O)c1ccc2c(c1)OC([N+](=O)[O-])O2. The third-order valence-electron chi connectivity index (χ3n) is 1.98. The van der Waals surface area contributed by atoms with Crippen LogP contribution in [0.15, 0.2) is 18.2 Å². The highest BCUT2D eigenvalue weighted by Crippen LogP contribution is 2.35. The minimum atomic E-state index is -1.65. The highest BCUT2D eigenvalue weighted by molar-refractivity contribution is 6.62. The molecular formula is C9H4ClNO7. The average molecular weight is 274 g/mol. The van der Waals surface area contributed by atoms with Gasteiger partial charge in [0.05, 0.1) is 5.56 Å². The van der Waals surface area contributed by atoms with Crippen LogP contribution in [0.2, 0.25) is 0 Å². The van der Waals surface area contributed by atoms with E-state index in [4.69, 9.17) is 21.1 Å². The van der Waals surface area contributed by atoms with E-state index < -0.39 is 22.7 Å². The molecule has 1 aromatic carbocycles. The van der Waals surface area contributed by atoms with Crippen molar-refractivity contribution in [1.82, 2.24) is 0 Å². The van der Waals surface area contributed by atoms with Crippen molar-refractivity contribution in [3.8, 4) is 11.5 Å². The van der Waals surface area contributed by atoms with Gasteiger partial charge in [0.15, 0.2) is 11.5 Å². The van der Waals surface area contributed by atoms with E-state index in [1.807, 2.05) is 0 Å². The van der Waals surface area contributed by atoms with Crippen LogP contribution in [0.4, 0.5) is 4.79 Å². The molecule has 0 radical (unpaired) electrons. The van der Waals surface area contributed by atoms with Crippen LogP contribution in [-0.4, -0.2) is 22.7 Å². The third-order valence-corrected chi connectivity index (χ3v) is 2.06. The van der Waals surface area contributed by atoms with E-state index in [2.05, 4.69) is 4.74 Å². The van der Waals surface area contributed by atoms with Crippen LogP contribution in [-0.2, 0) is 4.74 Å². The highest BCUT2D eigenvalue weighted by Gasteiger charge is 2.34. The highest BCUT2D eigenvalue weighted by atomic mass is 35.5. The Hall–Kier alpha value is -2.35. The predicted molar refractivity (Wildman–Crippen MR) is 55.1 cm³/mol.